The highest BCUT2D eigenvalue weighted by Crippen LogP contribution is 2.25. The van der Waals surface area contributed by atoms with Crippen molar-refractivity contribution in [1.82, 2.24) is 15.5 Å². The van der Waals surface area contributed by atoms with Gasteiger partial charge in [0.25, 0.3) is 0 Å². The van der Waals surface area contributed by atoms with Gasteiger partial charge in [0, 0.05) is 12.1 Å². The first-order chi connectivity index (χ1) is 8.88. The van der Waals surface area contributed by atoms with Gasteiger partial charge in [-0.3, -0.25) is 0 Å². The van der Waals surface area contributed by atoms with Gasteiger partial charge in [-0.15, -0.1) is 0 Å². The molecule has 1 atom stereocenters. The molecule has 2 aromatic rings. The molecule has 1 N–H and O–H groups in total. The fraction of sp³-hybridized carbons (Fsp3) is 0.429. The number of aryl methyl sites for hydroxylation is 1. The zero-order valence-electron chi connectivity index (χ0n) is 10.5. The van der Waals surface area contributed by atoms with E-state index in [0.717, 1.165) is 37.4 Å². The minimum Gasteiger partial charge on any atom is -0.339 e. The fourth-order valence-electron chi connectivity index (χ4n) is 2.42. The van der Waals surface area contributed by atoms with Crippen molar-refractivity contribution in [2.75, 3.05) is 13.1 Å². The van der Waals surface area contributed by atoms with Crippen molar-refractivity contribution in [1.29, 1.82) is 0 Å². The molecule has 1 aromatic carbocycles. The lowest BCUT2D eigenvalue weighted by Gasteiger charge is -2.02. The maximum atomic E-state index is 5.40. The van der Waals surface area contributed by atoms with Crippen LogP contribution in [0.2, 0.25) is 0 Å². The van der Waals surface area contributed by atoms with Crippen LogP contribution in [0.15, 0.2) is 28.8 Å². The second kappa shape index (κ2) is 4.90. The van der Waals surface area contributed by atoms with Crippen LogP contribution in [0.4, 0.5) is 0 Å². The van der Waals surface area contributed by atoms with Gasteiger partial charge in [0.15, 0.2) is 0 Å². The minimum absolute atomic E-state index is 0.375. The molecule has 0 amide bonds. The molecule has 0 bridgehead atoms. The lowest BCUT2D eigenvalue weighted by atomic mass is 10.0. The van der Waals surface area contributed by atoms with Crippen LogP contribution in [0.5, 0.6) is 0 Å². The number of nitrogens with zero attached hydrogens (tertiary/aromatic N) is 2. The molecule has 4 nitrogen and oxygen atoms in total. The molecular weight excluding hydrogens is 226 g/mol. The maximum absolute atomic E-state index is 5.40. The van der Waals surface area contributed by atoms with Gasteiger partial charge >= 0.3 is 0 Å². The van der Waals surface area contributed by atoms with Crippen molar-refractivity contribution in [2.45, 2.75) is 25.7 Å². The Morgan fingerprint density at radius 2 is 2.28 bits per heavy atom. The summed E-state index contributed by atoms with van der Waals surface area (Å²) >= 11 is 0. The van der Waals surface area contributed by atoms with Gasteiger partial charge in [0.1, 0.15) is 0 Å². The normalized spacial score (nSPS) is 19.3. The van der Waals surface area contributed by atoms with E-state index in [4.69, 9.17) is 4.52 Å². The van der Waals surface area contributed by atoms with Crippen LogP contribution in [0, 0.1) is 0 Å². The van der Waals surface area contributed by atoms with Gasteiger partial charge in [0.2, 0.25) is 11.7 Å². The van der Waals surface area contributed by atoms with Crippen LogP contribution in [0.1, 0.15) is 30.7 Å². The molecule has 1 aliphatic rings. The number of aromatic nitrogens is 2. The molecule has 0 unspecified atom stereocenters. The van der Waals surface area contributed by atoms with E-state index in [1.807, 2.05) is 12.1 Å². The van der Waals surface area contributed by atoms with E-state index in [9.17, 15) is 0 Å². The quantitative estimate of drug-likeness (QED) is 0.899. The lowest BCUT2D eigenvalue weighted by molar-refractivity contribution is 0.359. The van der Waals surface area contributed by atoms with E-state index in [0.29, 0.717) is 11.7 Å². The molecule has 0 saturated carbocycles. The zero-order chi connectivity index (χ0) is 12.4. The Kier molecular flexibility index (Phi) is 3.11. The van der Waals surface area contributed by atoms with Gasteiger partial charge in [0.05, 0.1) is 5.92 Å². The smallest absolute Gasteiger partial charge is 0.231 e. The lowest BCUT2D eigenvalue weighted by Crippen LogP contribution is -2.08. The molecule has 0 radical (unpaired) electrons. The number of hydrogen-bond donors (Lipinski definition) is 1. The van der Waals surface area contributed by atoms with Crippen LogP contribution >= 0.6 is 0 Å². The van der Waals surface area contributed by atoms with Crippen LogP contribution < -0.4 is 5.32 Å². The second-order valence-electron chi connectivity index (χ2n) is 4.66. The molecule has 1 aliphatic heterocycles. The summed E-state index contributed by atoms with van der Waals surface area (Å²) in [5.41, 5.74) is 2.34. The highest BCUT2D eigenvalue weighted by molar-refractivity contribution is 5.59. The van der Waals surface area contributed by atoms with Gasteiger partial charge in [-0.25, -0.2) is 0 Å². The SMILES string of the molecule is CCc1ccccc1-c1noc([C@H]2CCNC2)n1. The number of benzene rings is 1. The standard InChI is InChI=1S/C14H17N3O/c1-2-10-5-3-4-6-12(10)13-16-14(18-17-13)11-7-8-15-9-11/h3-6,11,15H,2,7-9H2,1H3/t11-/m0/s1. The molecule has 0 spiro atoms. The molecule has 1 fully saturated rings. The zero-order valence-corrected chi connectivity index (χ0v) is 10.5. The summed E-state index contributed by atoms with van der Waals surface area (Å²) in [4.78, 5) is 4.55. The monoisotopic (exact) mass is 243 g/mol. The highest BCUT2D eigenvalue weighted by atomic mass is 16.5. The van der Waals surface area contributed by atoms with E-state index >= 15 is 0 Å². The van der Waals surface area contributed by atoms with Crippen molar-refractivity contribution in [2.24, 2.45) is 0 Å². The van der Waals surface area contributed by atoms with E-state index in [1.54, 1.807) is 0 Å². The summed E-state index contributed by atoms with van der Waals surface area (Å²) in [6.07, 6.45) is 2.06. The third-order valence-electron chi connectivity index (χ3n) is 3.49. The molecule has 4 heteroatoms. The third kappa shape index (κ3) is 2.04. The van der Waals surface area contributed by atoms with Crippen molar-refractivity contribution in [3.05, 3.63) is 35.7 Å². The Hall–Kier alpha value is -1.68. The van der Waals surface area contributed by atoms with Crippen LogP contribution in [0.3, 0.4) is 0 Å². The first-order valence-electron chi connectivity index (χ1n) is 6.51. The van der Waals surface area contributed by atoms with Gasteiger partial charge < -0.3 is 9.84 Å². The van der Waals surface area contributed by atoms with Crippen LogP contribution in [0.25, 0.3) is 11.4 Å². The second-order valence-corrected chi connectivity index (χ2v) is 4.66. The predicted molar refractivity (Wildman–Crippen MR) is 69.3 cm³/mol. The Bertz CT molecular complexity index is 529. The first kappa shape index (κ1) is 11.4. The number of nitrogens with one attached hydrogen (secondary N) is 1. The van der Waals surface area contributed by atoms with Crippen molar-refractivity contribution >= 4 is 0 Å². The molecule has 2 heterocycles. The van der Waals surface area contributed by atoms with Gasteiger partial charge in [-0.1, -0.05) is 36.3 Å². The van der Waals surface area contributed by atoms with E-state index in [2.05, 4.69) is 34.5 Å². The summed E-state index contributed by atoms with van der Waals surface area (Å²) in [6, 6.07) is 8.23. The molecule has 0 aliphatic carbocycles. The van der Waals surface area contributed by atoms with E-state index < -0.39 is 0 Å². The molecule has 3 rings (SSSR count). The summed E-state index contributed by atoms with van der Waals surface area (Å²) in [7, 11) is 0. The van der Waals surface area contributed by atoms with Crippen molar-refractivity contribution in [3.63, 3.8) is 0 Å². The summed E-state index contributed by atoms with van der Waals surface area (Å²) < 4.78 is 5.40. The minimum atomic E-state index is 0.375. The Morgan fingerprint density at radius 1 is 1.39 bits per heavy atom. The van der Waals surface area contributed by atoms with Gasteiger partial charge in [-0.05, 0) is 24.9 Å². The predicted octanol–water partition coefficient (Wildman–Crippen LogP) is 2.38. The fourth-order valence-corrected chi connectivity index (χ4v) is 2.42. The Labute approximate surface area is 106 Å². The molecule has 18 heavy (non-hydrogen) atoms. The first-order valence-corrected chi connectivity index (χ1v) is 6.51. The van der Waals surface area contributed by atoms with Gasteiger partial charge in [-0.2, -0.15) is 4.98 Å². The average Bonchev–Trinajstić information content (AvgIpc) is 3.09. The third-order valence-corrected chi connectivity index (χ3v) is 3.49. The van der Waals surface area contributed by atoms with E-state index in [1.165, 1.54) is 5.56 Å². The van der Waals surface area contributed by atoms with E-state index in [-0.39, 0.29) is 0 Å². The van der Waals surface area contributed by atoms with Crippen LogP contribution in [-0.2, 0) is 6.42 Å². The molecule has 94 valence electrons. The number of rotatable bonds is 3. The Morgan fingerprint density at radius 3 is 3.06 bits per heavy atom. The maximum Gasteiger partial charge on any atom is 0.231 e. The summed E-state index contributed by atoms with van der Waals surface area (Å²) in [6.45, 7) is 4.12. The summed E-state index contributed by atoms with van der Waals surface area (Å²) in [5, 5.41) is 7.44. The topological polar surface area (TPSA) is 51.0 Å². The highest BCUT2D eigenvalue weighted by Gasteiger charge is 2.23. The molecular formula is C14H17N3O. The average molecular weight is 243 g/mol. The largest absolute Gasteiger partial charge is 0.339 e. The van der Waals surface area contributed by atoms with Crippen molar-refractivity contribution < 1.29 is 4.52 Å². The Balaban J connectivity index is 1.92. The molecule has 1 aromatic heterocycles. The number of hydrogen-bond acceptors (Lipinski definition) is 4. The van der Waals surface area contributed by atoms with Crippen LogP contribution in [-0.4, -0.2) is 23.2 Å². The molecule has 1 saturated heterocycles. The summed E-state index contributed by atoms with van der Waals surface area (Å²) in [5.74, 6) is 1.86. The van der Waals surface area contributed by atoms with Crippen molar-refractivity contribution in [3.8, 4) is 11.4 Å².